The minimum absolute atomic E-state index is 0.0198. The molecule has 0 aliphatic carbocycles. The van der Waals surface area contributed by atoms with Crippen LogP contribution in [-0.4, -0.2) is 42.0 Å². The normalized spacial score (nSPS) is 20.8. The van der Waals surface area contributed by atoms with Gasteiger partial charge in [0.2, 0.25) is 0 Å². The molecule has 0 saturated carbocycles. The van der Waals surface area contributed by atoms with Gasteiger partial charge in [-0.25, -0.2) is 13.6 Å². The van der Waals surface area contributed by atoms with Crippen LogP contribution in [0.5, 0.6) is 5.75 Å². The first kappa shape index (κ1) is 19.4. The van der Waals surface area contributed by atoms with E-state index in [2.05, 4.69) is 15.9 Å². The highest BCUT2D eigenvalue weighted by atomic mass is 79.9. The van der Waals surface area contributed by atoms with Crippen LogP contribution in [0.25, 0.3) is 0 Å². The lowest BCUT2D eigenvalue weighted by atomic mass is 10.1. The molecule has 0 N–H and O–H groups in total. The van der Waals surface area contributed by atoms with Gasteiger partial charge >= 0.3 is 6.09 Å². The van der Waals surface area contributed by atoms with Crippen LogP contribution in [0.4, 0.5) is 13.6 Å². The van der Waals surface area contributed by atoms with E-state index in [1.54, 1.807) is 20.8 Å². The Balaban J connectivity index is 2.06. The van der Waals surface area contributed by atoms with Gasteiger partial charge in [-0.1, -0.05) is 15.9 Å². The topological polar surface area (TPSA) is 62.6 Å². The Kier molecular flexibility index (Phi) is 5.88. The van der Waals surface area contributed by atoms with Crippen molar-refractivity contribution >= 4 is 22.0 Å². The molecule has 0 radical (unpaired) electrons. The highest BCUT2D eigenvalue weighted by molar-refractivity contribution is 9.10. The van der Waals surface area contributed by atoms with Crippen LogP contribution in [-0.2, 0) is 4.74 Å². The van der Waals surface area contributed by atoms with Crippen LogP contribution >= 0.6 is 15.9 Å². The quantitative estimate of drug-likeness (QED) is 0.724. The maximum absolute atomic E-state index is 14.4. The lowest BCUT2D eigenvalue weighted by Gasteiger charge is -2.35. The first-order chi connectivity index (χ1) is 11.6. The predicted molar refractivity (Wildman–Crippen MR) is 90.6 cm³/mol. The molecule has 1 aliphatic rings. The van der Waals surface area contributed by atoms with Crippen molar-refractivity contribution in [3.05, 3.63) is 28.0 Å². The largest absolute Gasteiger partial charge is 0.483 e. The van der Waals surface area contributed by atoms with Gasteiger partial charge in [0.15, 0.2) is 17.7 Å². The number of amides is 1. The minimum Gasteiger partial charge on any atom is -0.483 e. The third-order valence-corrected chi connectivity index (χ3v) is 3.99. The number of nitrogens with zero attached hydrogens (tertiary/aromatic N) is 2. The molecular formula is C17H19BrF2N2O3. The lowest BCUT2D eigenvalue weighted by molar-refractivity contribution is -0.0113. The molecule has 1 heterocycles. The smallest absolute Gasteiger partial charge is 0.410 e. The number of carbonyl (C=O) groups excluding carboxylic acids is 1. The van der Waals surface area contributed by atoms with Crippen molar-refractivity contribution in [3.8, 4) is 11.8 Å². The van der Waals surface area contributed by atoms with E-state index in [-0.39, 0.29) is 30.8 Å². The van der Waals surface area contributed by atoms with Gasteiger partial charge in [0.05, 0.1) is 12.1 Å². The van der Waals surface area contributed by atoms with Crippen molar-refractivity contribution < 1.29 is 23.0 Å². The van der Waals surface area contributed by atoms with Gasteiger partial charge in [0.25, 0.3) is 0 Å². The number of carbonyl (C=O) groups is 1. The van der Waals surface area contributed by atoms with Gasteiger partial charge in [-0.05, 0) is 32.9 Å². The molecule has 2 atom stereocenters. The summed E-state index contributed by atoms with van der Waals surface area (Å²) < 4.78 is 39.5. The van der Waals surface area contributed by atoms with E-state index < -0.39 is 29.8 Å². The minimum atomic E-state index is -1.52. The third kappa shape index (κ3) is 5.05. The van der Waals surface area contributed by atoms with E-state index in [9.17, 15) is 13.6 Å². The lowest BCUT2D eigenvalue weighted by Crippen LogP contribution is -2.50. The summed E-state index contributed by atoms with van der Waals surface area (Å²) in [6.07, 6.45) is -2.89. The van der Waals surface area contributed by atoms with Crippen molar-refractivity contribution in [1.82, 2.24) is 4.90 Å². The molecule has 1 aromatic rings. The predicted octanol–water partition coefficient (Wildman–Crippen LogP) is 4.19. The number of piperidine rings is 1. The van der Waals surface area contributed by atoms with Crippen molar-refractivity contribution in [2.75, 3.05) is 13.1 Å². The van der Waals surface area contributed by atoms with E-state index >= 15 is 0 Å². The first-order valence-corrected chi connectivity index (χ1v) is 8.58. The van der Waals surface area contributed by atoms with Gasteiger partial charge < -0.3 is 14.4 Å². The van der Waals surface area contributed by atoms with E-state index in [0.717, 1.165) is 6.07 Å². The monoisotopic (exact) mass is 416 g/mol. The van der Waals surface area contributed by atoms with Crippen molar-refractivity contribution in [2.45, 2.75) is 45.1 Å². The number of benzene rings is 1. The van der Waals surface area contributed by atoms with E-state index in [0.29, 0.717) is 4.47 Å². The highest BCUT2D eigenvalue weighted by Crippen LogP contribution is 2.30. The van der Waals surface area contributed by atoms with Crippen LogP contribution in [0.1, 0.15) is 32.8 Å². The maximum Gasteiger partial charge on any atom is 0.410 e. The number of alkyl halides is 1. The summed E-state index contributed by atoms with van der Waals surface area (Å²) in [7, 11) is 0. The summed E-state index contributed by atoms with van der Waals surface area (Å²) in [5.74, 6) is -1.02. The fourth-order valence-corrected chi connectivity index (χ4v) is 2.85. The molecule has 136 valence electrons. The molecule has 1 fully saturated rings. The first-order valence-electron chi connectivity index (χ1n) is 7.78. The zero-order valence-corrected chi connectivity index (χ0v) is 15.8. The van der Waals surface area contributed by atoms with Gasteiger partial charge in [0.1, 0.15) is 17.8 Å². The number of likely N-dealkylation sites (tertiary alicyclic amines) is 1. The van der Waals surface area contributed by atoms with Crippen LogP contribution < -0.4 is 4.74 Å². The van der Waals surface area contributed by atoms with Crippen LogP contribution in [0.15, 0.2) is 16.6 Å². The summed E-state index contributed by atoms with van der Waals surface area (Å²) in [6.45, 7) is 5.20. The molecule has 2 rings (SSSR count). The van der Waals surface area contributed by atoms with E-state index in [4.69, 9.17) is 14.7 Å². The number of hydrogen-bond donors (Lipinski definition) is 0. The van der Waals surface area contributed by atoms with Crippen LogP contribution in [0.2, 0.25) is 0 Å². The molecular weight excluding hydrogens is 398 g/mol. The fraction of sp³-hybridized carbons (Fsp3) is 0.529. The SMILES string of the molecule is CC(C)(C)OC(=O)N1CCC(Oc2c(F)cc(Br)cc2C#N)C(F)C1. The molecule has 8 heteroatoms. The van der Waals surface area contributed by atoms with Crippen molar-refractivity contribution in [3.63, 3.8) is 0 Å². The van der Waals surface area contributed by atoms with Crippen molar-refractivity contribution in [2.24, 2.45) is 0 Å². The summed E-state index contributed by atoms with van der Waals surface area (Å²) in [4.78, 5) is 13.3. The average Bonchev–Trinajstić information content (AvgIpc) is 2.49. The molecule has 0 bridgehead atoms. The number of rotatable bonds is 2. The standard InChI is InChI=1S/C17H19BrF2N2O3/c1-17(2,3)25-16(23)22-5-4-14(13(20)9-22)24-15-10(8-21)6-11(18)7-12(15)19/h6-7,13-14H,4-5,9H2,1-3H3. The molecule has 1 aliphatic heterocycles. The molecule has 5 nitrogen and oxygen atoms in total. The Hall–Kier alpha value is -1.88. The maximum atomic E-state index is 14.4. The number of halogens is 3. The zero-order valence-electron chi connectivity index (χ0n) is 14.2. The van der Waals surface area contributed by atoms with Gasteiger partial charge in [-0.2, -0.15) is 5.26 Å². The second-order valence-electron chi connectivity index (χ2n) is 6.76. The summed E-state index contributed by atoms with van der Waals surface area (Å²) in [5, 5.41) is 9.10. The van der Waals surface area contributed by atoms with Crippen LogP contribution in [0.3, 0.4) is 0 Å². The molecule has 1 saturated heterocycles. The summed E-state index contributed by atoms with van der Waals surface area (Å²) >= 11 is 3.09. The number of hydrogen-bond acceptors (Lipinski definition) is 4. The average molecular weight is 417 g/mol. The molecule has 0 aromatic heterocycles. The fourth-order valence-electron chi connectivity index (χ4n) is 2.42. The zero-order chi connectivity index (χ0) is 18.8. The molecule has 1 amide bonds. The number of ether oxygens (including phenoxy) is 2. The Bertz CT molecular complexity index is 700. The van der Waals surface area contributed by atoms with E-state index in [1.165, 1.54) is 11.0 Å². The van der Waals surface area contributed by atoms with E-state index in [1.807, 2.05) is 6.07 Å². The molecule has 25 heavy (non-hydrogen) atoms. The highest BCUT2D eigenvalue weighted by Gasteiger charge is 2.35. The molecule has 1 aromatic carbocycles. The summed E-state index contributed by atoms with van der Waals surface area (Å²) in [5.41, 5.74) is -0.688. The van der Waals surface area contributed by atoms with Gasteiger partial charge in [-0.15, -0.1) is 0 Å². The second-order valence-corrected chi connectivity index (χ2v) is 7.68. The Morgan fingerprint density at radius 1 is 1.44 bits per heavy atom. The Morgan fingerprint density at radius 2 is 2.12 bits per heavy atom. The molecule has 2 unspecified atom stereocenters. The van der Waals surface area contributed by atoms with Gasteiger partial charge in [-0.3, -0.25) is 0 Å². The second kappa shape index (κ2) is 7.56. The van der Waals surface area contributed by atoms with Crippen LogP contribution in [0, 0.1) is 17.1 Å². The Morgan fingerprint density at radius 3 is 2.68 bits per heavy atom. The number of nitriles is 1. The molecule has 0 spiro atoms. The van der Waals surface area contributed by atoms with Crippen molar-refractivity contribution in [1.29, 1.82) is 5.26 Å². The Labute approximate surface area is 153 Å². The van der Waals surface area contributed by atoms with Gasteiger partial charge in [0, 0.05) is 17.4 Å². The summed E-state index contributed by atoms with van der Waals surface area (Å²) in [6, 6.07) is 4.39. The third-order valence-electron chi connectivity index (χ3n) is 3.53.